The van der Waals surface area contributed by atoms with Crippen LogP contribution in [0, 0.1) is 0 Å². The fourth-order valence-corrected chi connectivity index (χ4v) is 3.80. The molecule has 21 heavy (non-hydrogen) atoms. The molecule has 2 aromatic rings. The van der Waals surface area contributed by atoms with E-state index in [1.807, 2.05) is 0 Å². The maximum atomic E-state index is 11.5. The number of hydrogen-bond acceptors (Lipinski definition) is 4. The molecule has 0 atom stereocenters. The van der Waals surface area contributed by atoms with Gasteiger partial charge >= 0.3 is 0 Å². The molecule has 2 heterocycles. The first-order valence-electron chi connectivity index (χ1n) is 7.42. The molecule has 112 valence electrons. The second-order valence-electron chi connectivity index (χ2n) is 5.40. The van der Waals surface area contributed by atoms with Crippen molar-refractivity contribution in [3.8, 4) is 10.4 Å². The third kappa shape index (κ3) is 4.66. The van der Waals surface area contributed by atoms with E-state index in [9.17, 15) is 4.79 Å². The van der Waals surface area contributed by atoms with Crippen LogP contribution in [0.15, 0.2) is 29.0 Å². The summed E-state index contributed by atoms with van der Waals surface area (Å²) in [6, 6.07) is 6.97. The third-order valence-corrected chi connectivity index (χ3v) is 5.31. The van der Waals surface area contributed by atoms with Gasteiger partial charge in [0, 0.05) is 34.3 Å². The second-order valence-corrected chi connectivity index (χ2v) is 7.34. The zero-order valence-electron chi connectivity index (χ0n) is 11.9. The van der Waals surface area contributed by atoms with Gasteiger partial charge in [-0.25, -0.2) is 0 Å². The van der Waals surface area contributed by atoms with E-state index in [4.69, 9.17) is 0 Å². The zero-order valence-corrected chi connectivity index (χ0v) is 13.6. The Labute approximate surface area is 133 Å². The molecule has 2 aromatic heterocycles. The lowest BCUT2D eigenvalue weighted by Gasteiger charge is -2.04. The smallest absolute Gasteiger partial charge is 0.220 e. The van der Waals surface area contributed by atoms with E-state index in [1.54, 1.807) is 22.7 Å². The highest BCUT2D eigenvalue weighted by atomic mass is 32.1. The monoisotopic (exact) mass is 320 g/mol. The first kappa shape index (κ1) is 14.8. The minimum Gasteiger partial charge on any atom is -0.353 e. The van der Waals surface area contributed by atoms with Crippen LogP contribution in [0.25, 0.3) is 10.4 Å². The van der Waals surface area contributed by atoms with Gasteiger partial charge in [0.1, 0.15) is 0 Å². The predicted molar refractivity (Wildman–Crippen MR) is 89.7 cm³/mol. The summed E-state index contributed by atoms with van der Waals surface area (Å²) in [4.78, 5) is 14.2. The molecule has 0 bridgehead atoms. The molecule has 1 amide bonds. The number of rotatable bonds is 8. The predicted octanol–water partition coefficient (Wildman–Crippen LogP) is 3.63. The normalized spacial score (nSPS) is 14.3. The number of hydrogen-bond donors (Lipinski definition) is 2. The maximum Gasteiger partial charge on any atom is 0.220 e. The first-order chi connectivity index (χ1) is 10.3. The Morgan fingerprint density at radius 3 is 3.00 bits per heavy atom. The molecule has 0 spiro atoms. The van der Waals surface area contributed by atoms with Crippen LogP contribution in [-0.4, -0.2) is 18.5 Å². The fraction of sp³-hybridized carbons (Fsp3) is 0.438. The quantitative estimate of drug-likeness (QED) is 0.729. The molecule has 0 radical (unpaired) electrons. The maximum absolute atomic E-state index is 11.5. The van der Waals surface area contributed by atoms with Crippen molar-refractivity contribution in [1.29, 1.82) is 0 Å². The van der Waals surface area contributed by atoms with E-state index in [0.29, 0.717) is 12.5 Å². The summed E-state index contributed by atoms with van der Waals surface area (Å²) in [5.74, 6) is 0.204. The summed E-state index contributed by atoms with van der Waals surface area (Å²) in [6.45, 7) is 1.78. The van der Waals surface area contributed by atoms with E-state index >= 15 is 0 Å². The van der Waals surface area contributed by atoms with Gasteiger partial charge in [0.2, 0.25) is 5.91 Å². The standard InChI is InChI=1S/C16H20N2OS2/c19-16(18-13-5-6-13)4-1-7-17-10-14-9-12(11-21-14)15-3-2-8-20-15/h2-3,8-9,11,13,17H,1,4-7,10H2,(H,18,19). The molecule has 0 unspecified atom stereocenters. The molecule has 1 saturated carbocycles. The molecule has 5 heteroatoms. The van der Waals surface area contributed by atoms with Crippen molar-refractivity contribution in [3.05, 3.63) is 33.8 Å². The minimum absolute atomic E-state index is 0.204. The van der Waals surface area contributed by atoms with Crippen LogP contribution < -0.4 is 10.6 Å². The number of carbonyl (C=O) groups is 1. The lowest BCUT2D eigenvalue weighted by molar-refractivity contribution is -0.121. The van der Waals surface area contributed by atoms with Crippen molar-refractivity contribution >= 4 is 28.6 Å². The molecular formula is C16H20N2OS2. The summed E-state index contributed by atoms with van der Waals surface area (Å²) < 4.78 is 0. The second kappa shape index (κ2) is 7.20. The Kier molecular flexibility index (Phi) is 5.06. The van der Waals surface area contributed by atoms with Crippen LogP contribution in [0.1, 0.15) is 30.6 Å². The van der Waals surface area contributed by atoms with E-state index in [2.05, 4.69) is 39.6 Å². The Hall–Kier alpha value is -1.17. The van der Waals surface area contributed by atoms with Crippen LogP contribution >= 0.6 is 22.7 Å². The molecule has 1 aliphatic carbocycles. The number of carbonyl (C=O) groups excluding carboxylic acids is 1. The molecule has 1 aliphatic rings. The Morgan fingerprint density at radius 1 is 1.33 bits per heavy atom. The van der Waals surface area contributed by atoms with E-state index < -0.39 is 0 Å². The Morgan fingerprint density at radius 2 is 2.24 bits per heavy atom. The van der Waals surface area contributed by atoms with Crippen molar-refractivity contribution < 1.29 is 4.79 Å². The van der Waals surface area contributed by atoms with E-state index in [-0.39, 0.29) is 5.91 Å². The number of amides is 1. The van der Waals surface area contributed by atoms with Gasteiger partial charge in [-0.3, -0.25) is 4.79 Å². The summed E-state index contributed by atoms with van der Waals surface area (Å²) in [7, 11) is 0. The largest absolute Gasteiger partial charge is 0.353 e. The Balaban J connectivity index is 1.33. The molecule has 1 fully saturated rings. The zero-order chi connectivity index (χ0) is 14.5. The lowest BCUT2D eigenvalue weighted by Crippen LogP contribution is -2.26. The fourth-order valence-electron chi connectivity index (χ4n) is 2.16. The summed E-state index contributed by atoms with van der Waals surface area (Å²) in [5, 5.41) is 10.8. The number of nitrogens with one attached hydrogen (secondary N) is 2. The molecule has 3 rings (SSSR count). The third-order valence-electron chi connectivity index (χ3n) is 3.46. The summed E-state index contributed by atoms with van der Waals surface area (Å²) in [6.07, 6.45) is 3.86. The van der Waals surface area contributed by atoms with Gasteiger partial charge in [-0.05, 0) is 48.7 Å². The van der Waals surface area contributed by atoms with Crippen LogP contribution in [-0.2, 0) is 11.3 Å². The van der Waals surface area contributed by atoms with Crippen LogP contribution in [0.3, 0.4) is 0 Å². The minimum atomic E-state index is 0.204. The Bertz CT molecular complexity index is 573. The van der Waals surface area contributed by atoms with Gasteiger partial charge in [-0.2, -0.15) is 0 Å². The van der Waals surface area contributed by atoms with Gasteiger partial charge < -0.3 is 10.6 Å². The van der Waals surface area contributed by atoms with Crippen molar-refractivity contribution in [2.24, 2.45) is 0 Å². The summed E-state index contributed by atoms with van der Waals surface area (Å²) in [5.41, 5.74) is 1.32. The molecule has 0 saturated heterocycles. The molecule has 2 N–H and O–H groups in total. The highest BCUT2D eigenvalue weighted by Crippen LogP contribution is 2.29. The number of thiophene rings is 2. The van der Waals surface area contributed by atoms with E-state index in [1.165, 1.54) is 15.3 Å². The van der Waals surface area contributed by atoms with Crippen LogP contribution in [0.2, 0.25) is 0 Å². The van der Waals surface area contributed by atoms with E-state index in [0.717, 1.165) is 32.4 Å². The van der Waals surface area contributed by atoms with Gasteiger partial charge in [0.15, 0.2) is 0 Å². The average Bonchev–Trinajstić information content (AvgIpc) is 2.96. The van der Waals surface area contributed by atoms with Crippen LogP contribution in [0.5, 0.6) is 0 Å². The van der Waals surface area contributed by atoms with Gasteiger partial charge in [-0.1, -0.05) is 6.07 Å². The first-order valence-corrected chi connectivity index (χ1v) is 9.18. The van der Waals surface area contributed by atoms with Gasteiger partial charge in [-0.15, -0.1) is 22.7 Å². The van der Waals surface area contributed by atoms with Crippen molar-refractivity contribution in [1.82, 2.24) is 10.6 Å². The van der Waals surface area contributed by atoms with Crippen LogP contribution in [0.4, 0.5) is 0 Å². The molecule has 0 aromatic carbocycles. The van der Waals surface area contributed by atoms with Gasteiger partial charge in [0.25, 0.3) is 0 Å². The average molecular weight is 320 g/mol. The van der Waals surface area contributed by atoms with Gasteiger partial charge in [0.05, 0.1) is 0 Å². The van der Waals surface area contributed by atoms with Crippen molar-refractivity contribution in [2.45, 2.75) is 38.3 Å². The summed E-state index contributed by atoms with van der Waals surface area (Å²) >= 11 is 3.57. The lowest BCUT2D eigenvalue weighted by atomic mass is 10.2. The molecule has 3 nitrogen and oxygen atoms in total. The topological polar surface area (TPSA) is 41.1 Å². The molecular weight excluding hydrogens is 300 g/mol. The SMILES string of the molecule is O=C(CCCNCc1cc(-c2cccs2)cs1)NC1CC1. The van der Waals surface area contributed by atoms with Crippen molar-refractivity contribution in [2.75, 3.05) is 6.54 Å². The highest BCUT2D eigenvalue weighted by molar-refractivity contribution is 7.14. The molecule has 0 aliphatic heterocycles. The highest BCUT2D eigenvalue weighted by Gasteiger charge is 2.22. The van der Waals surface area contributed by atoms with Crippen molar-refractivity contribution in [3.63, 3.8) is 0 Å².